The van der Waals surface area contributed by atoms with Crippen molar-refractivity contribution in [3.05, 3.63) is 54.2 Å². The van der Waals surface area contributed by atoms with Crippen LogP contribution < -0.4 is 5.73 Å². The van der Waals surface area contributed by atoms with Gasteiger partial charge < -0.3 is 10.2 Å². The van der Waals surface area contributed by atoms with Gasteiger partial charge in [-0.15, -0.1) is 0 Å². The van der Waals surface area contributed by atoms with Crippen molar-refractivity contribution >= 4 is 0 Å². The summed E-state index contributed by atoms with van der Waals surface area (Å²) in [5.41, 5.74) is 7.47. The van der Waals surface area contributed by atoms with Crippen LogP contribution in [-0.4, -0.2) is 23.0 Å². The lowest BCUT2D eigenvalue weighted by Crippen LogP contribution is -2.38. The molecule has 0 saturated heterocycles. The molecule has 102 valence electrons. The Balaban J connectivity index is 2.14. The molecule has 2 aromatic rings. The minimum absolute atomic E-state index is 0.0537. The monoisotopic (exact) mass is 259 g/mol. The smallest absolute Gasteiger partial charge is 0.122 e. The third kappa shape index (κ3) is 3.43. The van der Waals surface area contributed by atoms with Crippen LogP contribution in [0.25, 0.3) is 0 Å². The Morgan fingerprint density at radius 3 is 2.63 bits per heavy atom. The van der Waals surface area contributed by atoms with Gasteiger partial charge in [0.25, 0.3) is 0 Å². The summed E-state index contributed by atoms with van der Waals surface area (Å²) >= 11 is 0. The zero-order valence-corrected chi connectivity index (χ0v) is 11.5. The quantitative estimate of drug-likeness (QED) is 0.866. The number of hydrogen-bond acceptors (Lipinski definition) is 4. The van der Waals surface area contributed by atoms with Gasteiger partial charge in [-0.2, -0.15) is 0 Å². The van der Waals surface area contributed by atoms with Crippen LogP contribution in [0.2, 0.25) is 0 Å². The Labute approximate surface area is 114 Å². The molecule has 2 unspecified atom stereocenters. The highest BCUT2D eigenvalue weighted by Gasteiger charge is 2.25. The third-order valence-corrected chi connectivity index (χ3v) is 3.37. The molecule has 4 nitrogen and oxygen atoms in total. The van der Waals surface area contributed by atoms with Gasteiger partial charge in [0, 0.05) is 25.0 Å². The van der Waals surface area contributed by atoms with E-state index in [2.05, 4.69) is 23.9 Å². The molecule has 2 N–H and O–H groups in total. The first kappa shape index (κ1) is 13.8. The van der Waals surface area contributed by atoms with Crippen molar-refractivity contribution in [1.29, 1.82) is 0 Å². The fraction of sp³-hybridized carbons (Fsp3) is 0.400. The number of rotatable bonds is 6. The molecule has 4 heteroatoms. The summed E-state index contributed by atoms with van der Waals surface area (Å²) in [5, 5.41) is 0. The summed E-state index contributed by atoms with van der Waals surface area (Å²) in [6.07, 6.45) is 6.23. The summed E-state index contributed by atoms with van der Waals surface area (Å²) in [6, 6.07) is 8.08. The highest BCUT2D eigenvalue weighted by molar-refractivity contribution is 5.12. The number of aromatic nitrogens is 1. The van der Waals surface area contributed by atoms with Crippen LogP contribution in [0.1, 0.15) is 30.7 Å². The van der Waals surface area contributed by atoms with Crippen LogP contribution in [0.5, 0.6) is 0 Å². The van der Waals surface area contributed by atoms with Gasteiger partial charge in [0.2, 0.25) is 0 Å². The average molecular weight is 259 g/mol. The second-order valence-electron chi connectivity index (χ2n) is 4.80. The molecule has 2 rings (SSSR count). The number of hydrogen-bond donors (Lipinski definition) is 1. The first-order chi connectivity index (χ1) is 9.22. The van der Waals surface area contributed by atoms with Gasteiger partial charge in [0.1, 0.15) is 5.76 Å². The number of likely N-dealkylation sites (N-methyl/N-ethyl adjacent to an activating group) is 1. The number of nitrogens with zero attached hydrogens (tertiary/aromatic N) is 2. The van der Waals surface area contributed by atoms with Crippen molar-refractivity contribution in [2.24, 2.45) is 5.73 Å². The minimum Gasteiger partial charge on any atom is -0.468 e. The zero-order chi connectivity index (χ0) is 13.7. The molecule has 0 aromatic carbocycles. The van der Waals surface area contributed by atoms with E-state index in [0.717, 1.165) is 18.7 Å². The Morgan fingerprint density at radius 1 is 1.32 bits per heavy atom. The molecule has 19 heavy (non-hydrogen) atoms. The van der Waals surface area contributed by atoms with Crippen molar-refractivity contribution in [2.75, 3.05) is 7.05 Å². The van der Waals surface area contributed by atoms with E-state index >= 15 is 0 Å². The van der Waals surface area contributed by atoms with Crippen LogP contribution in [0.15, 0.2) is 47.3 Å². The van der Waals surface area contributed by atoms with E-state index in [9.17, 15) is 0 Å². The van der Waals surface area contributed by atoms with Gasteiger partial charge in [-0.25, -0.2) is 0 Å². The average Bonchev–Trinajstić information content (AvgIpc) is 2.93. The Bertz CT molecular complexity index is 469. The zero-order valence-electron chi connectivity index (χ0n) is 11.5. The molecule has 0 fully saturated rings. The Hall–Kier alpha value is -1.65. The van der Waals surface area contributed by atoms with Gasteiger partial charge in [-0.1, -0.05) is 6.92 Å². The summed E-state index contributed by atoms with van der Waals surface area (Å²) < 4.78 is 5.54. The Kier molecular flexibility index (Phi) is 4.71. The van der Waals surface area contributed by atoms with Gasteiger partial charge in [0.15, 0.2) is 0 Å². The predicted octanol–water partition coefficient (Wildman–Crippen LogP) is 2.59. The molecule has 0 radical (unpaired) electrons. The van der Waals surface area contributed by atoms with Crippen molar-refractivity contribution < 1.29 is 4.42 Å². The summed E-state index contributed by atoms with van der Waals surface area (Å²) in [4.78, 5) is 6.26. The van der Waals surface area contributed by atoms with Crippen molar-refractivity contribution in [3.8, 4) is 0 Å². The maximum absolute atomic E-state index is 6.25. The second kappa shape index (κ2) is 6.50. The first-order valence-corrected chi connectivity index (χ1v) is 6.60. The van der Waals surface area contributed by atoms with Gasteiger partial charge >= 0.3 is 0 Å². The van der Waals surface area contributed by atoms with E-state index < -0.39 is 0 Å². The Morgan fingerprint density at radius 2 is 2.05 bits per heavy atom. The van der Waals surface area contributed by atoms with Crippen molar-refractivity contribution in [3.63, 3.8) is 0 Å². The molecule has 0 amide bonds. The standard InChI is InChI=1S/C15H21N3O/c1-3-13(16)15(14-5-4-10-19-14)18(2)11-12-6-8-17-9-7-12/h4-10,13,15H,3,11,16H2,1-2H3. The normalized spacial score (nSPS) is 14.5. The van der Waals surface area contributed by atoms with Crippen molar-refractivity contribution in [2.45, 2.75) is 32.0 Å². The third-order valence-electron chi connectivity index (χ3n) is 3.37. The molecular weight excluding hydrogens is 238 g/mol. The molecule has 0 bridgehead atoms. The van der Waals surface area contributed by atoms with Gasteiger partial charge in [0.05, 0.1) is 12.3 Å². The summed E-state index contributed by atoms with van der Waals surface area (Å²) in [7, 11) is 2.07. The van der Waals surface area contributed by atoms with Crippen LogP contribution in [-0.2, 0) is 6.54 Å². The van der Waals surface area contributed by atoms with E-state index in [4.69, 9.17) is 10.2 Å². The first-order valence-electron chi connectivity index (χ1n) is 6.60. The molecule has 2 heterocycles. The minimum atomic E-state index is 0.0537. The molecule has 0 saturated carbocycles. The fourth-order valence-electron chi connectivity index (χ4n) is 2.31. The predicted molar refractivity (Wildman–Crippen MR) is 75.4 cm³/mol. The van der Waals surface area contributed by atoms with E-state index in [1.54, 1.807) is 6.26 Å². The van der Waals surface area contributed by atoms with Crippen LogP contribution in [0.3, 0.4) is 0 Å². The van der Waals surface area contributed by atoms with E-state index in [1.807, 2.05) is 36.7 Å². The largest absolute Gasteiger partial charge is 0.468 e. The maximum atomic E-state index is 6.25. The van der Waals surface area contributed by atoms with Crippen LogP contribution in [0, 0.1) is 0 Å². The molecule has 0 aliphatic heterocycles. The number of furan rings is 1. The lowest BCUT2D eigenvalue weighted by molar-refractivity contribution is 0.175. The lowest BCUT2D eigenvalue weighted by Gasteiger charge is -2.30. The number of pyridine rings is 1. The van der Waals surface area contributed by atoms with Crippen molar-refractivity contribution in [1.82, 2.24) is 9.88 Å². The van der Waals surface area contributed by atoms with Gasteiger partial charge in [-0.05, 0) is 43.3 Å². The summed E-state index contributed by atoms with van der Waals surface area (Å²) in [5.74, 6) is 0.922. The second-order valence-corrected chi connectivity index (χ2v) is 4.80. The van der Waals surface area contributed by atoms with E-state index in [-0.39, 0.29) is 12.1 Å². The highest BCUT2D eigenvalue weighted by Crippen LogP contribution is 2.25. The topological polar surface area (TPSA) is 55.3 Å². The summed E-state index contributed by atoms with van der Waals surface area (Å²) in [6.45, 7) is 2.92. The molecule has 0 spiro atoms. The van der Waals surface area contributed by atoms with Crippen LogP contribution in [0.4, 0.5) is 0 Å². The molecule has 2 atom stereocenters. The van der Waals surface area contributed by atoms with Crippen LogP contribution >= 0.6 is 0 Å². The molecule has 0 aliphatic rings. The fourth-order valence-corrected chi connectivity index (χ4v) is 2.31. The van der Waals surface area contributed by atoms with E-state index in [0.29, 0.717) is 0 Å². The molecular formula is C15H21N3O. The highest BCUT2D eigenvalue weighted by atomic mass is 16.3. The maximum Gasteiger partial charge on any atom is 0.122 e. The SMILES string of the molecule is CCC(N)C(c1ccco1)N(C)Cc1ccncc1. The lowest BCUT2D eigenvalue weighted by atomic mass is 10.0. The molecule has 2 aromatic heterocycles. The molecule has 0 aliphatic carbocycles. The van der Waals surface area contributed by atoms with E-state index in [1.165, 1.54) is 5.56 Å². The van der Waals surface area contributed by atoms with Gasteiger partial charge in [-0.3, -0.25) is 9.88 Å². The number of nitrogens with two attached hydrogens (primary N) is 1.